The zero-order chi connectivity index (χ0) is 18.3. The fourth-order valence-corrected chi connectivity index (χ4v) is 3.41. The summed E-state index contributed by atoms with van der Waals surface area (Å²) in [6.07, 6.45) is 4.95. The largest absolute Gasteiger partial charge is 0.483 e. The molecule has 140 valence electrons. The van der Waals surface area contributed by atoms with Crippen molar-refractivity contribution in [1.82, 2.24) is 10.2 Å². The number of nitrogens with one attached hydrogen (secondary N) is 1. The molecule has 1 aromatic carbocycles. The summed E-state index contributed by atoms with van der Waals surface area (Å²) < 4.78 is 5.77. The predicted molar refractivity (Wildman–Crippen MR) is 103 cm³/mol. The summed E-state index contributed by atoms with van der Waals surface area (Å²) in [5, 5.41) is 2.97. The smallest absolute Gasteiger partial charge is 0.257 e. The number of para-hydroxylation sites is 1. The van der Waals surface area contributed by atoms with E-state index in [1.807, 2.05) is 18.2 Å². The highest BCUT2D eigenvalue weighted by Crippen LogP contribution is 2.30. The summed E-state index contributed by atoms with van der Waals surface area (Å²) in [6.45, 7) is 11.8. The van der Waals surface area contributed by atoms with Crippen molar-refractivity contribution in [3.63, 3.8) is 0 Å². The standard InChI is InChI=1S/C21H34N2O2/c1-17-10-7-8-14-23(17)15-9-13-22-20(24)16-25-19-12-6-5-11-18(19)21(2,3)4/h5-6,11-12,17H,7-10,13-16H2,1-4H3,(H,22,24). The van der Waals surface area contributed by atoms with Crippen LogP contribution in [-0.2, 0) is 10.2 Å². The number of amides is 1. The summed E-state index contributed by atoms with van der Waals surface area (Å²) >= 11 is 0. The molecule has 0 spiro atoms. The van der Waals surface area contributed by atoms with Crippen LogP contribution < -0.4 is 10.1 Å². The van der Waals surface area contributed by atoms with Crippen LogP contribution in [0.2, 0.25) is 0 Å². The van der Waals surface area contributed by atoms with Crippen LogP contribution in [0.3, 0.4) is 0 Å². The molecular weight excluding hydrogens is 312 g/mol. The maximum absolute atomic E-state index is 12.0. The van der Waals surface area contributed by atoms with Crippen molar-refractivity contribution in [2.45, 2.75) is 64.8 Å². The van der Waals surface area contributed by atoms with E-state index >= 15 is 0 Å². The maximum atomic E-state index is 12.0. The summed E-state index contributed by atoms with van der Waals surface area (Å²) in [5.74, 6) is 0.752. The minimum atomic E-state index is -0.0459. The van der Waals surface area contributed by atoms with Gasteiger partial charge in [-0.3, -0.25) is 4.79 Å². The number of nitrogens with zero attached hydrogens (tertiary/aromatic N) is 1. The molecule has 1 heterocycles. The molecule has 1 amide bonds. The van der Waals surface area contributed by atoms with Gasteiger partial charge < -0.3 is 15.0 Å². The molecular formula is C21H34N2O2. The van der Waals surface area contributed by atoms with E-state index in [2.05, 4.69) is 44.0 Å². The minimum Gasteiger partial charge on any atom is -0.483 e. The molecule has 1 aliphatic heterocycles. The van der Waals surface area contributed by atoms with Crippen LogP contribution in [-0.4, -0.2) is 43.1 Å². The van der Waals surface area contributed by atoms with Gasteiger partial charge in [-0.05, 0) is 49.8 Å². The average Bonchev–Trinajstić information content (AvgIpc) is 2.58. The Morgan fingerprint density at radius 1 is 1.28 bits per heavy atom. The number of carbonyl (C=O) groups excluding carboxylic acids is 1. The van der Waals surface area contributed by atoms with Crippen molar-refractivity contribution >= 4 is 5.91 Å². The highest BCUT2D eigenvalue weighted by molar-refractivity contribution is 5.77. The molecule has 1 unspecified atom stereocenters. The van der Waals surface area contributed by atoms with Crippen molar-refractivity contribution in [3.8, 4) is 5.75 Å². The van der Waals surface area contributed by atoms with Crippen molar-refractivity contribution in [2.75, 3.05) is 26.2 Å². The van der Waals surface area contributed by atoms with Gasteiger partial charge in [0.25, 0.3) is 5.91 Å². The van der Waals surface area contributed by atoms with Gasteiger partial charge in [0, 0.05) is 19.1 Å². The zero-order valence-corrected chi connectivity index (χ0v) is 16.3. The zero-order valence-electron chi connectivity index (χ0n) is 16.3. The molecule has 1 atom stereocenters. The second-order valence-electron chi connectivity index (χ2n) is 8.12. The number of ether oxygens (including phenoxy) is 1. The van der Waals surface area contributed by atoms with Crippen LogP contribution in [0, 0.1) is 0 Å². The summed E-state index contributed by atoms with van der Waals surface area (Å²) in [7, 11) is 0. The lowest BCUT2D eigenvalue weighted by Gasteiger charge is -2.33. The van der Waals surface area contributed by atoms with E-state index in [-0.39, 0.29) is 17.9 Å². The van der Waals surface area contributed by atoms with E-state index in [1.54, 1.807) is 0 Å². The van der Waals surface area contributed by atoms with Crippen LogP contribution in [0.1, 0.15) is 58.9 Å². The van der Waals surface area contributed by atoms with E-state index in [4.69, 9.17) is 4.74 Å². The quantitative estimate of drug-likeness (QED) is 0.765. The summed E-state index contributed by atoms with van der Waals surface area (Å²) in [4.78, 5) is 14.6. The summed E-state index contributed by atoms with van der Waals surface area (Å²) in [6, 6.07) is 8.64. The van der Waals surface area contributed by atoms with Gasteiger partial charge in [-0.2, -0.15) is 0 Å². The summed E-state index contributed by atoms with van der Waals surface area (Å²) in [5.41, 5.74) is 1.12. The average molecular weight is 347 g/mol. The topological polar surface area (TPSA) is 41.6 Å². The SMILES string of the molecule is CC1CCCCN1CCCNC(=O)COc1ccccc1C(C)(C)C. The Labute approximate surface area is 152 Å². The van der Waals surface area contributed by atoms with Crippen molar-refractivity contribution < 1.29 is 9.53 Å². The predicted octanol–water partition coefficient (Wildman–Crippen LogP) is 3.74. The Bertz CT molecular complexity index is 551. The van der Waals surface area contributed by atoms with Crippen molar-refractivity contribution in [3.05, 3.63) is 29.8 Å². The third-order valence-electron chi connectivity index (χ3n) is 4.94. The lowest BCUT2D eigenvalue weighted by Crippen LogP contribution is -2.39. The Kier molecular flexibility index (Phi) is 7.30. The fraction of sp³-hybridized carbons (Fsp3) is 0.667. The van der Waals surface area contributed by atoms with Crippen LogP contribution in [0.15, 0.2) is 24.3 Å². The molecule has 4 nitrogen and oxygen atoms in total. The molecule has 0 aliphatic carbocycles. The normalized spacial score (nSPS) is 18.8. The lowest BCUT2D eigenvalue weighted by molar-refractivity contribution is -0.123. The molecule has 4 heteroatoms. The van der Waals surface area contributed by atoms with Gasteiger partial charge in [-0.25, -0.2) is 0 Å². The number of hydrogen-bond acceptors (Lipinski definition) is 3. The van der Waals surface area contributed by atoms with Crippen LogP contribution in [0.25, 0.3) is 0 Å². The number of piperidine rings is 1. The molecule has 1 N–H and O–H groups in total. The molecule has 1 fully saturated rings. The molecule has 2 rings (SSSR count). The molecule has 0 saturated carbocycles. The van der Waals surface area contributed by atoms with Gasteiger partial charge in [-0.1, -0.05) is 45.4 Å². The number of benzene rings is 1. The van der Waals surface area contributed by atoms with Crippen LogP contribution >= 0.6 is 0 Å². The molecule has 0 aromatic heterocycles. The molecule has 0 bridgehead atoms. The number of carbonyl (C=O) groups is 1. The van der Waals surface area contributed by atoms with Crippen molar-refractivity contribution in [2.24, 2.45) is 0 Å². The Hall–Kier alpha value is -1.55. The second-order valence-corrected chi connectivity index (χ2v) is 8.12. The first-order valence-electron chi connectivity index (χ1n) is 9.61. The van der Waals surface area contributed by atoms with E-state index in [9.17, 15) is 4.79 Å². The molecule has 25 heavy (non-hydrogen) atoms. The third kappa shape index (κ3) is 6.35. The third-order valence-corrected chi connectivity index (χ3v) is 4.94. The minimum absolute atomic E-state index is 0.00178. The molecule has 1 aliphatic rings. The fourth-order valence-electron chi connectivity index (χ4n) is 3.41. The first-order valence-corrected chi connectivity index (χ1v) is 9.61. The van der Waals surface area contributed by atoms with Gasteiger partial charge in [0.1, 0.15) is 5.75 Å². The Balaban J connectivity index is 1.69. The lowest BCUT2D eigenvalue weighted by atomic mass is 9.86. The first-order chi connectivity index (χ1) is 11.9. The van der Waals surface area contributed by atoms with E-state index in [1.165, 1.54) is 25.8 Å². The van der Waals surface area contributed by atoms with Crippen LogP contribution in [0.4, 0.5) is 0 Å². The van der Waals surface area contributed by atoms with Gasteiger partial charge >= 0.3 is 0 Å². The van der Waals surface area contributed by atoms with Gasteiger partial charge in [0.2, 0.25) is 0 Å². The van der Waals surface area contributed by atoms with Gasteiger partial charge in [0.15, 0.2) is 6.61 Å². The monoisotopic (exact) mass is 346 g/mol. The highest BCUT2D eigenvalue weighted by Gasteiger charge is 2.19. The maximum Gasteiger partial charge on any atom is 0.257 e. The Morgan fingerprint density at radius 2 is 2.04 bits per heavy atom. The Morgan fingerprint density at radius 3 is 2.76 bits per heavy atom. The highest BCUT2D eigenvalue weighted by atomic mass is 16.5. The second kappa shape index (κ2) is 9.23. The number of hydrogen-bond donors (Lipinski definition) is 1. The number of rotatable bonds is 7. The first kappa shape index (κ1) is 19.8. The number of likely N-dealkylation sites (tertiary alicyclic amines) is 1. The molecule has 1 aromatic rings. The molecule has 0 radical (unpaired) electrons. The van der Waals surface area contributed by atoms with Gasteiger partial charge in [0.05, 0.1) is 0 Å². The van der Waals surface area contributed by atoms with Gasteiger partial charge in [-0.15, -0.1) is 0 Å². The molecule has 1 saturated heterocycles. The van der Waals surface area contributed by atoms with E-state index in [0.717, 1.165) is 24.3 Å². The van der Waals surface area contributed by atoms with E-state index in [0.29, 0.717) is 12.6 Å². The van der Waals surface area contributed by atoms with Crippen molar-refractivity contribution in [1.29, 1.82) is 0 Å². The van der Waals surface area contributed by atoms with Crippen LogP contribution in [0.5, 0.6) is 5.75 Å². The van der Waals surface area contributed by atoms with E-state index < -0.39 is 0 Å².